The van der Waals surface area contributed by atoms with Gasteiger partial charge >= 0.3 is 84.5 Å². The summed E-state index contributed by atoms with van der Waals surface area (Å²) < 4.78 is 0. The Kier molecular flexibility index (Phi) is 26.7. The van der Waals surface area contributed by atoms with E-state index in [1.54, 1.807) is 0 Å². The van der Waals surface area contributed by atoms with Crippen LogP contribution in [0, 0.1) is 0 Å². The Morgan fingerprint density at radius 3 is 0.875 bits per heavy atom. The van der Waals surface area contributed by atoms with Gasteiger partial charge in [-0.15, -0.1) is 0 Å². The van der Waals surface area contributed by atoms with Gasteiger partial charge < -0.3 is 30.4 Å². The molecule has 0 radical (unpaired) electrons. The van der Waals surface area contributed by atoms with E-state index in [9.17, 15) is 0 Å². The fourth-order valence-electron chi connectivity index (χ4n) is 0. The predicted molar refractivity (Wildman–Crippen MR) is 34.2 cm³/mol. The molecule has 48 valence electrons. The Hall–Kier alpha value is 2.54. The van der Waals surface area contributed by atoms with Crippen molar-refractivity contribution in [3.63, 3.8) is 0 Å². The first-order valence-electron chi connectivity index (χ1n) is 0.894. The van der Waals surface area contributed by atoms with Crippen LogP contribution in [0.2, 0.25) is 0 Å². The number of hydrogen-bond donors (Lipinski definition) is 4. The van der Waals surface area contributed by atoms with Gasteiger partial charge in [-0.2, -0.15) is 0 Å². The van der Waals surface area contributed by atoms with Crippen molar-refractivity contribution in [2.45, 2.75) is 0 Å². The minimum Gasteiger partial charge on any atom is -1.00 e. The van der Waals surface area contributed by atoms with Crippen LogP contribution in [0.15, 0.2) is 0 Å². The van der Waals surface area contributed by atoms with Gasteiger partial charge in [-0.1, -0.05) is 0 Å². The summed E-state index contributed by atoms with van der Waals surface area (Å²) in [6.07, 6.45) is 0. The molecule has 0 saturated heterocycles. The molecule has 0 saturated carbocycles. The Balaban J connectivity index is -0.00000000381. The summed E-state index contributed by atoms with van der Waals surface area (Å²) in [7, 11) is -4.61. The van der Waals surface area contributed by atoms with E-state index in [4.69, 9.17) is 19.2 Å². The molecule has 0 rings (SSSR count). The maximum Gasteiger partial charge on any atom is 2.00 e. The second-order valence-electron chi connectivity index (χ2n) is 0.600. The van der Waals surface area contributed by atoms with E-state index in [2.05, 4.69) is 0 Å². The average Bonchev–Trinajstić information content (AvgIpc) is 0.722. The molecular formula is H10Ca2O5Si. The minimum atomic E-state index is -4.61. The van der Waals surface area contributed by atoms with Gasteiger partial charge in [0.05, 0.1) is 0 Å². The molecule has 8 heteroatoms. The Morgan fingerprint density at radius 2 is 0.875 bits per heavy atom. The van der Waals surface area contributed by atoms with E-state index in [-0.39, 0.29) is 86.7 Å². The van der Waals surface area contributed by atoms with Gasteiger partial charge in [0.2, 0.25) is 0 Å². The predicted octanol–water partition coefficient (Wildman–Crippen LogP) is -3.75. The van der Waals surface area contributed by atoms with Crippen LogP contribution >= 0.6 is 0 Å². The van der Waals surface area contributed by atoms with Crippen LogP contribution in [0.5, 0.6) is 0 Å². The van der Waals surface area contributed by atoms with Crippen molar-refractivity contribution >= 4 is 84.5 Å². The van der Waals surface area contributed by atoms with E-state index in [0.29, 0.717) is 0 Å². The van der Waals surface area contributed by atoms with Crippen molar-refractivity contribution in [1.82, 2.24) is 0 Å². The number of rotatable bonds is 0. The molecular weight excluding hydrogens is 188 g/mol. The van der Waals surface area contributed by atoms with E-state index >= 15 is 0 Å². The van der Waals surface area contributed by atoms with Crippen LogP contribution in [-0.4, -0.2) is 109 Å². The third kappa shape index (κ3) is 75.4. The van der Waals surface area contributed by atoms with Crippen molar-refractivity contribution in [1.29, 1.82) is 0 Å². The zero-order valence-electron chi connectivity index (χ0n) is 8.20. The second kappa shape index (κ2) is 9.54. The van der Waals surface area contributed by atoms with Crippen molar-refractivity contribution in [3.8, 4) is 0 Å². The van der Waals surface area contributed by atoms with Crippen molar-refractivity contribution < 1.29 is 30.4 Å². The molecule has 0 fully saturated rings. The molecule has 8 heavy (non-hydrogen) atoms. The van der Waals surface area contributed by atoms with E-state index in [1.807, 2.05) is 0 Å². The zero-order chi connectivity index (χ0) is 4.50. The molecule has 0 aromatic rings. The monoisotopic (exact) mass is 198 g/mol. The van der Waals surface area contributed by atoms with Gasteiger partial charge in [0.1, 0.15) is 0 Å². The van der Waals surface area contributed by atoms with Crippen LogP contribution in [-0.2, 0) is 0 Å². The Bertz CT molecular complexity index is 36.9. The molecule has 0 aliphatic carbocycles. The van der Waals surface area contributed by atoms with E-state index < -0.39 is 9.05 Å². The zero-order valence-corrected chi connectivity index (χ0v) is 9.62. The van der Waals surface area contributed by atoms with Crippen molar-refractivity contribution in [3.05, 3.63) is 0 Å². The van der Waals surface area contributed by atoms with Gasteiger partial charge in [0.25, 0.3) is 0 Å². The molecule has 0 amide bonds. The summed E-state index contributed by atoms with van der Waals surface area (Å²) in [6, 6.07) is 0. The molecule has 0 atom stereocenters. The molecule has 0 heterocycles. The molecule has 0 spiro atoms. The van der Waals surface area contributed by atoms with Crippen LogP contribution < -0.4 is 0 Å². The second-order valence-corrected chi connectivity index (χ2v) is 1.80. The van der Waals surface area contributed by atoms with E-state index in [1.165, 1.54) is 0 Å². The first-order chi connectivity index (χ1) is 2.00. The molecule has 0 aliphatic rings. The van der Waals surface area contributed by atoms with Gasteiger partial charge in [-0.25, -0.2) is 0 Å². The number of hydrogen-bond acceptors (Lipinski definition) is 4. The summed E-state index contributed by atoms with van der Waals surface area (Å²) in [5.41, 5.74) is 0. The fraction of sp³-hybridized carbons (Fsp3) is 0. The van der Waals surface area contributed by atoms with Crippen LogP contribution in [0.25, 0.3) is 0 Å². The van der Waals surface area contributed by atoms with Gasteiger partial charge in [-0.05, 0) is 0 Å². The molecule has 6 N–H and O–H groups in total. The van der Waals surface area contributed by atoms with Gasteiger partial charge in [0, 0.05) is 0 Å². The Labute approximate surface area is 113 Å². The van der Waals surface area contributed by atoms with Crippen molar-refractivity contribution in [2.24, 2.45) is 0 Å². The molecule has 0 bridgehead atoms. The SMILES string of the molecule is O.O[Si](O)(O)O.[Ca+2].[Ca+2].[H-].[H-].[H-].[H-]. The average molecular weight is 198 g/mol. The van der Waals surface area contributed by atoms with Crippen LogP contribution in [0.4, 0.5) is 0 Å². The molecule has 0 aromatic carbocycles. The molecule has 0 aromatic heterocycles. The fourth-order valence-corrected chi connectivity index (χ4v) is 0. The maximum atomic E-state index is 7.33. The summed E-state index contributed by atoms with van der Waals surface area (Å²) in [5.74, 6) is 0. The first kappa shape index (κ1) is 22.4. The van der Waals surface area contributed by atoms with Crippen molar-refractivity contribution in [2.75, 3.05) is 0 Å². The summed E-state index contributed by atoms with van der Waals surface area (Å²) >= 11 is 0. The Morgan fingerprint density at radius 1 is 0.875 bits per heavy atom. The standard InChI is InChI=1S/2Ca.H4O4Si.H2O.4H/c;;1-5(2,3)4;;;;;/h;;1-4H;1H2;;;;/q2*+2;;;4*-1. The largest absolute Gasteiger partial charge is 2.00 e. The molecule has 5 nitrogen and oxygen atoms in total. The van der Waals surface area contributed by atoms with Crippen LogP contribution in [0.3, 0.4) is 0 Å². The van der Waals surface area contributed by atoms with Crippen LogP contribution in [0.1, 0.15) is 5.71 Å². The summed E-state index contributed by atoms with van der Waals surface area (Å²) in [5, 5.41) is 0. The van der Waals surface area contributed by atoms with Gasteiger partial charge in [-0.3, -0.25) is 0 Å². The first-order valence-corrected chi connectivity index (χ1v) is 2.68. The molecule has 0 aliphatic heterocycles. The normalized spacial score (nSPS) is 7.50. The maximum absolute atomic E-state index is 7.33. The topological polar surface area (TPSA) is 112 Å². The third-order valence-electron chi connectivity index (χ3n) is 0. The summed E-state index contributed by atoms with van der Waals surface area (Å²) in [4.78, 5) is 29.3. The summed E-state index contributed by atoms with van der Waals surface area (Å²) in [6.45, 7) is 0. The van der Waals surface area contributed by atoms with E-state index in [0.717, 1.165) is 0 Å². The minimum absolute atomic E-state index is 0. The molecule has 0 unspecified atom stereocenters. The van der Waals surface area contributed by atoms with Gasteiger partial charge in [0.15, 0.2) is 0 Å². The quantitative estimate of drug-likeness (QED) is 0.300. The smallest absolute Gasteiger partial charge is 1.00 e. The third-order valence-corrected chi connectivity index (χ3v) is 0.